The van der Waals surface area contributed by atoms with Gasteiger partial charge in [0.2, 0.25) is 5.89 Å². The number of aromatic nitrogens is 1. The van der Waals surface area contributed by atoms with Gasteiger partial charge in [-0.2, -0.15) is 0 Å². The highest BCUT2D eigenvalue weighted by atomic mass is 16.3. The molecule has 1 saturated heterocycles. The molecule has 3 heteroatoms. The Balaban J connectivity index is 1.94. The molecule has 2 unspecified atom stereocenters. The second-order valence-electron chi connectivity index (χ2n) is 5.16. The summed E-state index contributed by atoms with van der Waals surface area (Å²) in [6.07, 6.45) is 2.36. The number of rotatable bonds is 1. The number of hydrogen-bond acceptors (Lipinski definition) is 3. The summed E-state index contributed by atoms with van der Waals surface area (Å²) in [5.74, 6) is 1.59. The number of nitrogens with zero attached hydrogens (tertiary/aromatic N) is 1. The van der Waals surface area contributed by atoms with Crippen LogP contribution in [-0.2, 0) is 0 Å². The fourth-order valence-electron chi connectivity index (χ4n) is 2.49. The van der Waals surface area contributed by atoms with Gasteiger partial charge in [0.05, 0.1) is 6.04 Å². The molecule has 3 nitrogen and oxygen atoms in total. The maximum Gasteiger partial charge on any atom is 0.212 e. The molecule has 1 aliphatic rings. The van der Waals surface area contributed by atoms with Crippen molar-refractivity contribution in [2.24, 2.45) is 5.92 Å². The van der Waals surface area contributed by atoms with Crippen LogP contribution in [0.15, 0.2) is 22.6 Å². The van der Waals surface area contributed by atoms with Gasteiger partial charge in [-0.25, -0.2) is 4.98 Å². The van der Waals surface area contributed by atoms with E-state index in [1.807, 2.05) is 6.07 Å². The number of aryl methyl sites for hydroxylation is 1. The fourth-order valence-corrected chi connectivity index (χ4v) is 2.49. The SMILES string of the molecule is Cc1ccc2nc(C3CC(C)CCN3)oc2c1. The van der Waals surface area contributed by atoms with Crippen LogP contribution in [0.5, 0.6) is 0 Å². The summed E-state index contributed by atoms with van der Waals surface area (Å²) in [5, 5.41) is 3.49. The fraction of sp³-hybridized carbons (Fsp3) is 0.500. The van der Waals surface area contributed by atoms with Gasteiger partial charge >= 0.3 is 0 Å². The first-order valence-corrected chi connectivity index (χ1v) is 6.33. The molecule has 2 aromatic rings. The molecular formula is C14H18N2O. The summed E-state index contributed by atoms with van der Waals surface area (Å²) in [6, 6.07) is 6.44. The predicted molar refractivity (Wildman–Crippen MR) is 67.9 cm³/mol. The summed E-state index contributed by atoms with van der Waals surface area (Å²) in [4.78, 5) is 4.58. The highest BCUT2D eigenvalue weighted by molar-refractivity contribution is 5.73. The van der Waals surface area contributed by atoms with E-state index in [1.165, 1.54) is 12.0 Å². The van der Waals surface area contributed by atoms with Crippen LogP contribution >= 0.6 is 0 Å². The lowest BCUT2D eigenvalue weighted by molar-refractivity contribution is 0.287. The second kappa shape index (κ2) is 4.15. The van der Waals surface area contributed by atoms with Crippen LogP contribution in [0.4, 0.5) is 0 Å². The van der Waals surface area contributed by atoms with Crippen LogP contribution in [0, 0.1) is 12.8 Å². The van der Waals surface area contributed by atoms with Crippen LogP contribution in [0.3, 0.4) is 0 Å². The van der Waals surface area contributed by atoms with Gasteiger partial charge in [0, 0.05) is 0 Å². The van der Waals surface area contributed by atoms with Crippen LogP contribution < -0.4 is 5.32 Å². The highest BCUT2D eigenvalue weighted by Crippen LogP contribution is 2.28. The molecular weight excluding hydrogens is 212 g/mol. The lowest BCUT2D eigenvalue weighted by Gasteiger charge is -2.25. The zero-order valence-electron chi connectivity index (χ0n) is 10.4. The van der Waals surface area contributed by atoms with Gasteiger partial charge in [-0.1, -0.05) is 13.0 Å². The summed E-state index contributed by atoms with van der Waals surface area (Å²) in [6.45, 7) is 5.42. The molecule has 90 valence electrons. The number of hydrogen-bond donors (Lipinski definition) is 1. The molecule has 0 saturated carbocycles. The molecule has 2 heterocycles. The molecule has 1 aliphatic heterocycles. The van der Waals surface area contributed by atoms with Crippen molar-refractivity contribution >= 4 is 11.1 Å². The standard InChI is InChI=1S/C14H18N2O/c1-9-3-4-11-13(8-9)17-14(16-11)12-7-10(2)5-6-15-12/h3-4,8,10,12,15H,5-7H2,1-2H3. The second-order valence-corrected chi connectivity index (χ2v) is 5.16. The van der Waals surface area contributed by atoms with Crippen molar-refractivity contribution < 1.29 is 4.42 Å². The van der Waals surface area contributed by atoms with Crippen LogP contribution in [0.2, 0.25) is 0 Å². The number of nitrogens with one attached hydrogen (secondary N) is 1. The quantitative estimate of drug-likeness (QED) is 0.817. The maximum absolute atomic E-state index is 5.86. The minimum atomic E-state index is 0.284. The van der Waals surface area contributed by atoms with E-state index < -0.39 is 0 Å². The van der Waals surface area contributed by atoms with Gasteiger partial charge < -0.3 is 9.73 Å². The van der Waals surface area contributed by atoms with Gasteiger partial charge in [0.15, 0.2) is 5.58 Å². The predicted octanol–water partition coefficient (Wildman–Crippen LogP) is 3.20. The third-order valence-corrected chi connectivity index (χ3v) is 3.52. The average Bonchev–Trinajstić information content (AvgIpc) is 2.72. The summed E-state index contributed by atoms with van der Waals surface area (Å²) >= 11 is 0. The van der Waals surface area contributed by atoms with Crippen molar-refractivity contribution in [2.45, 2.75) is 32.7 Å². The molecule has 0 amide bonds. The third-order valence-electron chi connectivity index (χ3n) is 3.52. The molecule has 1 N–H and O–H groups in total. The Labute approximate surface area is 101 Å². The van der Waals surface area contributed by atoms with Gasteiger partial charge in [0.1, 0.15) is 5.52 Å². The number of oxazole rings is 1. The van der Waals surface area contributed by atoms with Crippen molar-refractivity contribution in [3.8, 4) is 0 Å². The molecule has 2 atom stereocenters. The lowest BCUT2D eigenvalue weighted by Crippen LogP contribution is -2.30. The summed E-state index contributed by atoms with van der Waals surface area (Å²) < 4.78 is 5.86. The smallest absolute Gasteiger partial charge is 0.212 e. The minimum absolute atomic E-state index is 0.284. The molecule has 1 fully saturated rings. The van der Waals surface area contributed by atoms with E-state index in [-0.39, 0.29) is 6.04 Å². The Morgan fingerprint density at radius 2 is 2.29 bits per heavy atom. The van der Waals surface area contributed by atoms with Crippen LogP contribution in [0.1, 0.15) is 37.3 Å². The molecule has 0 radical (unpaired) electrons. The van der Waals surface area contributed by atoms with E-state index in [0.717, 1.165) is 35.9 Å². The van der Waals surface area contributed by atoms with Crippen LogP contribution in [-0.4, -0.2) is 11.5 Å². The van der Waals surface area contributed by atoms with E-state index in [1.54, 1.807) is 0 Å². The molecule has 17 heavy (non-hydrogen) atoms. The highest BCUT2D eigenvalue weighted by Gasteiger charge is 2.23. The van der Waals surface area contributed by atoms with Crippen molar-refractivity contribution in [2.75, 3.05) is 6.54 Å². The molecule has 1 aromatic carbocycles. The molecule has 3 rings (SSSR count). The Hall–Kier alpha value is -1.35. The minimum Gasteiger partial charge on any atom is -0.439 e. The van der Waals surface area contributed by atoms with Gasteiger partial charge in [-0.05, 0) is 49.9 Å². The molecule has 1 aromatic heterocycles. The van der Waals surface area contributed by atoms with Crippen molar-refractivity contribution in [3.63, 3.8) is 0 Å². The molecule has 0 spiro atoms. The monoisotopic (exact) mass is 230 g/mol. The van der Waals surface area contributed by atoms with Gasteiger partial charge in [0.25, 0.3) is 0 Å². The number of piperidine rings is 1. The van der Waals surface area contributed by atoms with E-state index in [0.29, 0.717) is 0 Å². The average molecular weight is 230 g/mol. The van der Waals surface area contributed by atoms with Gasteiger partial charge in [-0.3, -0.25) is 0 Å². The Morgan fingerprint density at radius 3 is 3.12 bits per heavy atom. The van der Waals surface area contributed by atoms with E-state index in [4.69, 9.17) is 4.42 Å². The van der Waals surface area contributed by atoms with Crippen molar-refractivity contribution in [1.29, 1.82) is 0 Å². The van der Waals surface area contributed by atoms with E-state index >= 15 is 0 Å². The third kappa shape index (κ3) is 2.07. The Bertz CT molecular complexity index is 532. The van der Waals surface area contributed by atoms with Gasteiger partial charge in [-0.15, -0.1) is 0 Å². The van der Waals surface area contributed by atoms with E-state index in [9.17, 15) is 0 Å². The van der Waals surface area contributed by atoms with Crippen molar-refractivity contribution in [1.82, 2.24) is 10.3 Å². The van der Waals surface area contributed by atoms with E-state index in [2.05, 4.69) is 36.3 Å². The number of benzene rings is 1. The first kappa shape index (κ1) is 10.8. The summed E-state index contributed by atoms with van der Waals surface area (Å²) in [7, 11) is 0. The maximum atomic E-state index is 5.86. The topological polar surface area (TPSA) is 38.1 Å². The Morgan fingerprint density at radius 1 is 1.41 bits per heavy atom. The lowest BCUT2D eigenvalue weighted by atomic mass is 9.94. The van der Waals surface area contributed by atoms with Crippen molar-refractivity contribution in [3.05, 3.63) is 29.7 Å². The first-order chi connectivity index (χ1) is 8.22. The zero-order valence-corrected chi connectivity index (χ0v) is 10.4. The van der Waals surface area contributed by atoms with Crippen LogP contribution in [0.25, 0.3) is 11.1 Å². The normalized spacial score (nSPS) is 25.3. The molecule has 0 aliphatic carbocycles. The summed E-state index contributed by atoms with van der Waals surface area (Å²) in [5.41, 5.74) is 3.08. The molecule has 0 bridgehead atoms. The largest absolute Gasteiger partial charge is 0.439 e. The zero-order chi connectivity index (χ0) is 11.8. The first-order valence-electron chi connectivity index (χ1n) is 6.33. The number of fused-ring (bicyclic) bond motifs is 1. The Kier molecular flexibility index (Phi) is 2.63.